The van der Waals surface area contributed by atoms with Gasteiger partial charge in [-0.3, -0.25) is 14.7 Å². The zero-order valence-corrected chi connectivity index (χ0v) is 18.3. The molecule has 0 radical (unpaired) electrons. The summed E-state index contributed by atoms with van der Waals surface area (Å²) in [5, 5.41) is 14.7. The molecule has 0 aliphatic carbocycles. The van der Waals surface area contributed by atoms with Crippen molar-refractivity contribution in [1.82, 2.24) is 19.7 Å². The number of anilines is 1. The predicted molar refractivity (Wildman–Crippen MR) is 125 cm³/mol. The molecule has 0 unspecified atom stereocenters. The summed E-state index contributed by atoms with van der Waals surface area (Å²) in [6.45, 7) is 0. The highest BCUT2D eigenvalue weighted by Gasteiger charge is 2.18. The van der Waals surface area contributed by atoms with Crippen molar-refractivity contribution in [3.8, 4) is 17.3 Å². The standard InChI is InChI=1S/C23H17N5O2S2/c29-21(25-22-24-12-14-31-22)17-10-8-16(9-11-17)15-32-23-27-26-20(19-7-4-13-30-19)28(23)18-5-2-1-3-6-18/h1-14H,15H2,(H,24,25,29). The molecule has 0 aliphatic heterocycles. The second-order valence-electron chi connectivity index (χ2n) is 6.73. The Kier molecular flexibility index (Phi) is 5.82. The van der Waals surface area contributed by atoms with Crippen molar-refractivity contribution >= 4 is 34.1 Å². The maximum absolute atomic E-state index is 12.3. The third kappa shape index (κ3) is 4.34. The Bertz CT molecular complexity index is 1300. The van der Waals surface area contributed by atoms with Crippen LogP contribution >= 0.6 is 23.1 Å². The number of amides is 1. The number of thiazole rings is 1. The SMILES string of the molecule is O=C(Nc1nccs1)c1ccc(CSc2nnc(-c3ccco3)n2-c2ccccc2)cc1. The number of thioether (sulfide) groups is 1. The molecule has 5 aromatic rings. The Morgan fingerprint density at radius 2 is 1.88 bits per heavy atom. The molecule has 0 fully saturated rings. The molecular formula is C23H17N5O2S2. The Hall–Kier alpha value is -3.69. The van der Waals surface area contributed by atoms with Crippen molar-refractivity contribution in [3.05, 3.63) is 95.7 Å². The lowest BCUT2D eigenvalue weighted by molar-refractivity contribution is 0.102. The molecule has 32 heavy (non-hydrogen) atoms. The van der Waals surface area contributed by atoms with Gasteiger partial charge in [0.05, 0.1) is 6.26 Å². The van der Waals surface area contributed by atoms with Gasteiger partial charge in [0.25, 0.3) is 5.91 Å². The lowest BCUT2D eigenvalue weighted by atomic mass is 10.1. The second kappa shape index (κ2) is 9.21. The van der Waals surface area contributed by atoms with Crippen LogP contribution in [0.1, 0.15) is 15.9 Å². The van der Waals surface area contributed by atoms with E-state index in [0.29, 0.717) is 28.0 Å². The van der Waals surface area contributed by atoms with E-state index in [9.17, 15) is 4.79 Å². The summed E-state index contributed by atoms with van der Waals surface area (Å²) in [7, 11) is 0. The monoisotopic (exact) mass is 459 g/mol. The molecule has 0 bridgehead atoms. The Balaban J connectivity index is 1.33. The molecule has 0 aliphatic rings. The van der Waals surface area contributed by atoms with Gasteiger partial charge in [-0.15, -0.1) is 21.5 Å². The highest BCUT2D eigenvalue weighted by Crippen LogP contribution is 2.30. The van der Waals surface area contributed by atoms with Crippen LogP contribution in [0.5, 0.6) is 0 Å². The van der Waals surface area contributed by atoms with Crippen LogP contribution in [-0.2, 0) is 5.75 Å². The van der Waals surface area contributed by atoms with E-state index in [1.807, 2.05) is 76.7 Å². The van der Waals surface area contributed by atoms with Gasteiger partial charge in [-0.2, -0.15) is 0 Å². The summed E-state index contributed by atoms with van der Waals surface area (Å²) in [5.41, 5.74) is 2.62. The fourth-order valence-corrected chi connectivity index (χ4v) is 4.53. The molecule has 3 aromatic heterocycles. The van der Waals surface area contributed by atoms with Crippen molar-refractivity contribution in [3.63, 3.8) is 0 Å². The molecule has 7 nitrogen and oxygen atoms in total. The van der Waals surface area contributed by atoms with Gasteiger partial charge in [0.1, 0.15) is 0 Å². The highest BCUT2D eigenvalue weighted by atomic mass is 32.2. The number of carbonyl (C=O) groups excluding carboxylic acids is 1. The van der Waals surface area contributed by atoms with Crippen LogP contribution in [0.4, 0.5) is 5.13 Å². The fourth-order valence-electron chi connectivity index (χ4n) is 3.09. The molecule has 1 N–H and O–H groups in total. The lowest BCUT2D eigenvalue weighted by Crippen LogP contribution is -2.11. The van der Waals surface area contributed by atoms with Crippen molar-refractivity contribution < 1.29 is 9.21 Å². The fraction of sp³-hybridized carbons (Fsp3) is 0.0435. The van der Waals surface area contributed by atoms with Crippen molar-refractivity contribution in [2.24, 2.45) is 0 Å². The lowest BCUT2D eigenvalue weighted by Gasteiger charge is -2.09. The average molecular weight is 460 g/mol. The Labute approximate surface area is 192 Å². The van der Waals surface area contributed by atoms with Crippen LogP contribution in [0, 0.1) is 0 Å². The van der Waals surface area contributed by atoms with Crippen LogP contribution in [-0.4, -0.2) is 25.7 Å². The average Bonchev–Trinajstić information content (AvgIpc) is 3.60. The summed E-state index contributed by atoms with van der Waals surface area (Å²) < 4.78 is 7.54. The summed E-state index contributed by atoms with van der Waals surface area (Å²) >= 11 is 2.96. The summed E-state index contributed by atoms with van der Waals surface area (Å²) in [5.74, 6) is 1.81. The maximum atomic E-state index is 12.3. The zero-order chi connectivity index (χ0) is 21.8. The molecule has 2 aromatic carbocycles. The predicted octanol–water partition coefficient (Wildman–Crippen LogP) is 5.53. The zero-order valence-electron chi connectivity index (χ0n) is 16.7. The van der Waals surface area contributed by atoms with E-state index in [4.69, 9.17) is 4.42 Å². The van der Waals surface area contributed by atoms with Crippen LogP contribution in [0.2, 0.25) is 0 Å². The summed E-state index contributed by atoms with van der Waals surface area (Å²) in [6.07, 6.45) is 3.28. The minimum absolute atomic E-state index is 0.175. The van der Waals surface area contributed by atoms with E-state index in [1.54, 1.807) is 24.2 Å². The second-order valence-corrected chi connectivity index (χ2v) is 8.57. The molecular weight excluding hydrogens is 442 g/mol. The van der Waals surface area contributed by atoms with Crippen molar-refractivity contribution in [1.29, 1.82) is 0 Å². The number of rotatable bonds is 7. The topological polar surface area (TPSA) is 85.8 Å². The number of para-hydroxylation sites is 1. The maximum Gasteiger partial charge on any atom is 0.257 e. The van der Waals surface area contributed by atoms with Gasteiger partial charge in [-0.25, -0.2) is 4.98 Å². The molecule has 9 heteroatoms. The third-order valence-corrected chi connectivity index (χ3v) is 6.31. The van der Waals surface area contributed by atoms with E-state index in [1.165, 1.54) is 11.3 Å². The van der Waals surface area contributed by atoms with E-state index < -0.39 is 0 Å². The van der Waals surface area contributed by atoms with Crippen LogP contribution in [0.3, 0.4) is 0 Å². The minimum Gasteiger partial charge on any atom is -0.461 e. The molecule has 5 rings (SSSR count). The minimum atomic E-state index is -0.175. The number of hydrogen-bond acceptors (Lipinski definition) is 7. The van der Waals surface area contributed by atoms with E-state index in [0.717, 1.165) is 16.4 Å². The first-order valence-corrected chi connectivity index (χ1v) is 11.6. The molecule has 0 saturated carbocycles. The summed E-state index contributed by atoms with van der Waals surface area (Å²) in [6, 6.07) is 21.2. The normalized spacial score (nSPS) is 10.9. The third-order valence-electron chi connectivity index (χ3n) is 4.63. The van der Waals surface area contributed by atoms with Gasteiger partial charge in [-0.1, -0.05) is 42.1 Å². The molecule has 1 amide bonds. The molecule has 0 atom stereocenters. The van der Waals surface area contributed by atoms with E-state index >= 15 is 0 Å². The first kappa shape index (κ1) is 20.2. The van der Waals surface area contributed by atoms with Gasteiger partial charge in [-0.05, 0) is 42.0 Å². The molecule has 0 spiro atoms. The van der Waals surface area contributed by atoms with Crippen molar-refractivity contribution in [2.75, 3.05) is 5.32 Å². The first-order chi connectivity index (χ1) is 15.8. The molecule has 158 valence electrons. The Morgan fingerprint density at radius 3 is 2.59 bits per heavy atom. The van der Waals surface area contributed by atoms with Gasteiger partial charge in [0.2, 0.25) is 5.82 Å². The largest absolute Gasteiger partial charge is 0.461 e. The van der Waals surface area contributed by atoms with E-state index in [-0.39, 0.29) is 5.91 Å². The quantitative estimate of drug-likeness (QED) is 0.322. The Morgan fingerprint density at radius 1 is 1.03 bits per heavy atom. The van der Waals surface area contributed by atoms with Crippen molar-refractivity contribution in [2.45, 2.75) is 10.9 Å². The first-order valence-electron chi connectivity index (χ1n) is 9.75. The van der Waals surface area contributed by atoms with Gasteiger partial charge in [0, 0.05) is 28.6 Å². The number of hydrogen-bond donors (Lipinski definition) is 1. The smallest absolute Gasteiger partial charge is 0.257 e. The molecule has 0 saturated heterocycles. The number of carbonyl (C=O) groups is 1. The highest BCUT2D eigenvalue weighted by molar-refractivity contribution is 7.98. The van der Waals surface area contributed by atoms with E-state index in [2.05, 4.69) is 20.5 Å². The van der Waals surface area contributed by atoms with Gasteiger partial charge >= 0.3 is 0 Å². The number of nitrogens with one attached hydrogen (secondary N) is 1. The number of furan rings is 1. The van der Waals surface area contributed by atoms with Gasteiger partial charge < -0.3 is 4.42 Å². The number of benzene rings is 2. The van der Waals surface area contributed by atoms with Crippen LogP contribution in [0.15, 0.2) is 94.1 Å². The number of aromatic nitrogens is 4. The number of nitrogens with zero attached hydrogens (tertiary/aromatic N) is 4. The van der Waals surface area contributed by atoms with Crippen LogP contribution < -0.4 is 5.32 Å². The van der Waals surface area contributed by atoms with Crippen LogP contribution in [0.25, 0.3) is 17.3 Å². The van der Waals surface area contributed by atoms with Gasteiger partial charge in [0.15, 0.2) is 16.0 Å². The summed E-state index contributed by atoms with van der Waals surface area (Å²) in [4.78, 5) is 16.4. The molecule has 3 heterocycles.